The molecule has 0 aliphatic rings. The second-order valence-corrected chi connectivity index (χ2v) is 6.02. The quantitative estimate of drug-likeness (QED) is 0.914. The Morgan fingerprint density at radius 2 is 1.94 bits per heavy atom. The number of aryl methyl sites for hydroxylation is 2. The molecule has 0 unspecified atom stereocenters. The normalized spacial score (nSPS) is 11.4. The zero-order valence-corrected chi connectivity index (χ0v) is 12.2. The van der Waals surface area contributed by atoms with E-state index in [1.54, 1.807) is 20.8 Å². The van der Waals surface area contributed by atoms with Crippen LogP contribution in [0.5, 0.6) is 0 Å². The number of amides is 1. The van der Waals surface area contributed by atoms with Crippen molar-refractivity contribution in [2.24, 2.45) is 0 Å². The third kappa shape index (κ3) is 2.56. The summed E-state index contributed by atoms with van der Waals surface area (Å²) < 4.78 is 0. The predicted molar refractivity (Wildman–Crippen MR) is 72.2 cm³/mol. The summed E-state index contributed by atoms with van der Waals surface area (Å²) in [6.45, 7) is 9.15. The molecule has 100 valence electrons. The topological polar surface area (TPSA) is 57.6 Å². The number of aliphatic carboxylic acids is 1. The molecule has 1 rings (SSSR count). The Kier molecular flexibility index (Phi) is 4.16. The highest BCUT2D eigenvalue weighted by Crippen LogP contribution is 2.25. The van der Waals surface area contributed by atoms with Crippen LogP contribution in [0.3, 0.4) is 0 Å². The van der Waals surface area contributed by atoms with Crippen molar-refractivity contribution in [1.29, 1.82) is 0 Å². The average Bonchev–Trinajstić information content (AvgIpc) is 2.59. The fourth-order valence-corrected chi connectivity index (χ4v) is 2.70. The Bertz CT molecular complexity index is 457. The number of carboxylic acids is 1. The summed E-state index contributed by atoms with van der Waals surface area (Å²) >= 11 is 1.41. The van der Waals surface area contributed by atoms with Gasteiger partial charge in [0.15, 0.2) is 0 Å². The van der Waals surface area contributed by atoms with Crippen molar-refractivity contribution in [3.8, 4) is 0 Å². The van der Waals surface area contributed by atoms with E-state index in [-0.39, 0.29) is 5.91 Å². The largest absolute Gasteiger partial charge is 0.480 e. The summed E-state index contributed by atoms with van der Waals surface area (Å²) in [5.74, 6) is -1.21. The molecule has 1 aromatic rings. The third-order valence-corrected chi connectivity index (χ3v) is 4.28. The van der Waals surface area contributed by atoms with Gasteiger partial charge in [0.05, 0.1) is 4.88 Å². The lowest BCUT2D eigenvalue weighted by molar-refractivity contribution is -0.147. The van der Waals surface area contributed by atoms with E-state index in [2.05, 4.69) is 0 Å². The zero-order valence-electron chi connectivity index (χ0n) is 11.4. The molecule has 18 heavy (non-hydrogen) atoms. The van der Waals surface area contributed by atoms with Crippen molar-refractivity contribution in [3.05, 3.63) is 21.4 Å². The van der Waals surface area contributed by atoms with Crippen LogP contribution in [0.25, 0.3) is 0 Å². The van der Waals surface area contributed by atoms with Gasteiger partial charge in [-0.25, -0.2) is 4.79 Å². The molecule has 0 radical (unpaired) electrons. The molecule has 0 aromatic carbocycles. The summed E-state index contributed by atoms with van der Waals surface area (Å²) in [4.78, 5) is 26.7. The lowest BCUT2D eigenvalue weighted by Crippen LogP contribution is -2.52. The molecule has 0 bridgehead atoms. The van der Waals surface area contributed by atoms with Gasteiger partial charge >= 0.3 is 5.97 Å². The lowest BCUT2D eigenvalue weighted by Gasteiger charge is -2.33. The van der Waals surface area contributed by atoms with E-state index in [4.69, 9.17) is 0 Å². The summed E-state index contributed by atoms with van der Waals surface area (Å²) in [5, 5.41) is 9.21. The first kappa shape index (κ1) is 14.7. The Morgan fingerprint density at radius 1 is 1.39 bits per heavy atom. The maximum atomic E-state index is 12.4. The van der Waals surface area contributed by atoms with Crippen LogP contribution >= 0.6 is 11.3 Å². The van der Waals surface area contributed by atoms with Crippen LogP contribution in [-0.2, 0) is 4.79 Å². The lowest BCUT2D eigenvalue weighted by atomic mass is 10.0. The molecule has 1 aromatic heterocycles. The van der Waals surface area contributed by atoms with Crippen LogP contribution in [0, 0.1) is 13.8 Å². The maximum absolute atomic E-state index is 12.4. The number of carboxylic acid groups (broad SMARTS) is 1. The molecule has 0 aliphatic carbocycles. The first-order valence-corrected chi connectivity index (χ1v) is 6.65. The first-order valence-electron chi connectivity index (χ1n) is 5.84. The van der Waals surface area contributed by atoms with E-state index < -0.39 is 11.5 Å². The van der Waals surface area contributed by atoms with E-state index in [0.717, 1.165) is 10.4 Å². The van der Waals surface area contributed by atoms with Crippen LogP contribution in [0.2, 0.25) is 0 Å². The van der Waals surface area contributed by atoms with Crippen LogP contribution in [0.1, 0.15) is 40.9 Å². The van der Waals surface area contributed by atoms with Gasteiger partial charge in [0.2, 0.25) is 0 Å². The van der Waals surface area contributed by atoms with Gasteiger partial charge in [-0.15, -0.1) is 11.3 Å². The van der Waals surface area contributed by atoms with Gasteiger partial charge in [0.1, 0.15) is 5.54 Å². The van der Waals surface area contributed by atoms with Gasteiger partial charge in [-0.1, -0.05) is 0 Å². The van der Waals surface area contributed by atoms with Crippen molar-refractivity contribution in [2.75, 3.05) is 6.54 Å². The van der Waals surface area contributed by atoms with Gasteiger partial charge in [-0.2, -0.15) is 0 Å². The summed E-state index contributed by atoms with van der Waals surface area (Å²) in [7, 11) is 0. The monoisotopic (exact) mass is 269 g/mol. The molecule has 0 saturated heterocycles. The predicted octanol–water partition coefficient (Wildman–Crippen LogP) is 2.69. The Morgan fingerprint density at radius 3 is 2.28 bits per heavy atom. The van der Waals surface area contributed by atoms with Crippen LogP contribution < -0.4 is 0 Å². The van der Waals surface area contributed by atoms with Crippen molar-refractivity contribution in [2.45, 2.75) is 40.2 Å². The molecule has 0 fully saturated rings. The van der Waals surface area contributed by atoms with E-state index in [1.807, 2.05) is 19.9 Å². The molecule has 0 aliphatic heterocycles. The van der Waals surface area contributed by atoms with Gasteiger partial charge in [0, 0.05) is 11.4 Å². The second-order valence-electron chi connectivity index (χ2n) is 4.76. The molecule has 1 heterocycles. The Hall–Kier alpha value is -1.36. The van der Waals surface area contributed by atoms with E-state index in [1.165, 1.54) is 16.2 Å². The Labute approximate surface area is 111 Å². The number of hydrogen-bond donors (Lipinski definition) is 1. The number of nitrogens with zero attached hydrogens (tertiary/aromatic N) is 1. The zero-order chi connectivity index (χ0) is 14.1. The highest BCUT2D eigenvalue weighted by Gasteiger charge is 2.37. The highest BCUT2D eigenvalue weighted by molar-refractivity contribution is 7.14. The van der Waals surface area contributed by atoms with Gasteiger partial charge in [-0.3, -0.25) is 4.79 Å². The van der Waals surface area contributed by atoms with E-state index in [9.17, 15) is 14.7 Å². The van der Waals surface area contributed by atoms with Crippen molar-refractivity contribution >= 4 is 23.2 Å². The molecule has 4 nitrogen and oxygen atoms in total. The molecule has 5 heteroatoms. The minimum atomic E-state index is -1.20. The van der Waals surface area contributed by atoms with Gasteiger partial charge in [0.25, 0.3) is 5.91 Å². The van der Waals surface area contributed by atoms with Crippen molar-refractivity contribution < 1.29 is 14.7 Å². The molecule has 1 amide bonds. The molecule has 0 saturated carbocycles. The molecule has 1 N–H and O–H groups in total. The number of likely N-dealkylation sites (N-methyl/N-ethyl adjacent to an activating group) is 1. The maximum Gasteiger partial charge on any atom is 0.329 e. The van der Waals surface area contributed by atoms with Gasteiger partial charge in [-0.05, 0) is 46.2 Å². The molecular weight excluding hydrogens is 250 g/mol. The Balaban J connectivity index is 3.10. The van der Waals surface area contributed by atoms with E-state index in [0.29, 0.717) is 11.4 Å². The summed E-state index contributed by atoms with van der Waals surface area (Å²) in [6, 6.07) is 1.82. The number of hydrogen-bond acceptors (Lipinski definition) is 3. The fourth-order valence-electron chi connectivity index (χ4n) is 1.72. The smallest absolute Gasteiger partial charge is 0.329 e. The van der Waals surface area contributed by atoms with Crippen LogP contribution in [-0.4, -0.2) is 34.0 Å². The number of thiophene rings is 1. The second kappa shape index (κ2) is 5.10. The van der Waals surface area contributed by atoms with Gasteiger partial charge < -0.3 is 10.0 Å². The van der Waals surface area contributed by atoms with Crippen LogP contribution in [0.15, 0.2) is 6.07 Å². The molecule has 0 spiro atoms. The number of rotatable bonds is 4. The number of carbonyl (C=O) groups excluding carboxylic acids is 1. The minimum Gasteiger partial charge on any atom is -0.480 e. The molecule has 0 atom stereocenters. The SMILES string of the molecule is CCN(C(=O)c1cc(C)c(C)s1)C(C)(C)C(=O)O. The molecular formula is C13H19NO3S. The average molecular weight is 269 g/mol. The minimum absolute atomic E-state index is 0.217. The van der Waals surface area contributed by atoms with Crippen molar-refractivity contribution in [1.82, 2.24) is 4.90 Å². The first-order chi connectivity index (χ1) is 8.21. The number of carbonyl (C=O) groups is 2. The van der Waals surface area contributed by atoms with Crippen LogP contribution in [0.4, 0.5) is 0 Å². The standard InChI is InChI=1S/C13H19NO3S/c1-6-14(13(4,5)12(16)17)11(15)10-7-8(2)9(3)18-10/h7H,6H2,1-5H3,(H,16,17). The summed E-state index contributed by atoms with van der Waals surface area (Å²) in [6.07, 6.45) is 0. The fraction of sp³-hybridized carbons (Fsp3) is 0.538. The summed E-state index contributed by atoms with van der Waals surface area (Å²) in [5.41, 5.74) is -0.134. The van der Waals surface area contributed by atoms with Crippen molar-refractivity contribution in [3.63, 3.8) is 0 Å². The highest BCUT2D eigenvalue weighted by atomic mass is 32.1. The van der Waals surface area contributed by atoms with E-state index >= 15 is 0 Å². The third-order valence-electron chi connectivity index (χ3n) is 3.14.